The summed E-state index contributed by atoms with van der Waals surface area (Å²) in [6, 6.07) is 15.9. The molecule has 3 aliphatic rings. The average Bonchev–Trinajstić information content (AvgIpc) is 2.80. The summed E-state index contributed by atoms with van der Waals surface area (Å²) in [4.78, 5) is 0. The van der Waals surface area contributed by atoms with Crippen molar-refractivity contribution in [2.24, 2.45) is 0 Å². The molecule has 2 N–H and O–H groups in total. The van der Waals surface area contributed by atoms with Crippen molar-refractivity contribution in [3.8, 4) is 16.9 Å². The number of para-hydroxylation sites is 1. The van der Waals surface area contributed by atoms with Crippen LogP contribution in [0.5, 0.6) is 5.75 Å². The number of nitrogens with one attached hydrogen (secondary N) is 2. The quantitative estimate of drug-likeness (QED) is 0.864. The second-order valence-corrected chi connectivity index (χ2v) is 7.62. The van der Waals surface area contributed by atoms with Crippen LogP contribution in [0.4, 0.5) is 5.69 Å². The van der Waals surface area contributed by atoms with Crippen molar-refractivity contribution in [3.05, 3.63) is 48.0 Å². The lowest BCUT2D eigenvalue weighted by Crippen LogP contribution is -2.24. The Labute approximate surface area is 149 Å². The lowest BCUT2D eigenvalue weighted by molar-refractivity contribution is 0.121. The Morgan fingerprint density at radius 2 is 1.68 bits per heavy atom. The number of anilines is 1. The first-order valence-electron chi connectivity index (χ1n) is 9.76. The van der Waals surface area contributed by atoms with Gasteiger partial charge in [0.25, 0.3) is 0 Å². The number of ether oxygens (including phenoxy) is 1. The molecular formula is C22H26N2O. The third kappa shape index (κ3) is 2.71. The summed E-state index contributed by atoms with van der Waals surface area (Å²) in [6.07, 6.45) is 6.49. The van der Waals surface area contributed by atoms with Crippen LogP contribution in [0.15, 0.2) is 42.5 Å². The lowest BCUT2D eigenvalue weighted by Gasteiger charge is -2.28. The summed E-state index contributed by atoms with van der Waals surface area (Å²) in [5.74, 6) is 1.65. The van der Waals surface area contributed by atoms with Gasteiger partial charge in [-0.15, -0.1) is 0 Å². The van der Waals surface area contributed by atoms with E-state index in [1.165, 1.54) is 54.5 Å². The molecule has 0 unspecified atom stereocenters. The maximum absolute atomic E-state index is 6.32. The van der Waals surface area contributed by atoms with Gasteiger partial charge < -0.3 is 15.4 Å². The van der Waals surface area contributed by atoms with Gasteiger partial charge in [-0.1, -0.05) is 30.3 Å². The van der Waals surface area contributed by atoms with E-state index in [1.54, 1.807) is 0 Å². The first-order valence-corrected chi connectivity index (χ1v) is 9.76. The largest absolute Gasteiger partial charge is 0.490 e. The third-order valence-electron chi connectivity index (χ3n) is 6.09. The van der Waals surface area contributed by atoms with E-state index in [-0.39, 0.29) is 0 Å². The number of fused-ring (bicyclic) bond motifs is 3. The van der Waals surface area contributed by atoms with Crippen LogP contribution in [0.2, 0.25) is 0 Å². The van der Waals surface area contributed by atoms with Crippen LogP contribution in [-0.4, -0.2) is 25.2 Å². The first kappa shape index (κ1) is 15.3. The number of hydrogen-bond donors (Lipinski definition) is 2. The van der Waals surface area contributed by atoms with Crippen LogP contribution >= 0.6 is 0 Å². The number of rotatable bonds is 3. The molecular weight excluding hydrogens is 308 g/mol. The Balaban J connectivity index is 1.57. The first-order chi connectivity index (χ1) is 12.4. The molecule has 2 atom stereocenters. The molecule has 5 rings (SSSR count). The lowest BCUT2D eigenvalue weighted by atomic mass is 9.85. The zero-order valence-electron chi connectivity index (χ0n) is 14.6. The Morgan fingerprint density at radius 3 is 2.56 bits per heavy atom. The van der Waals surface area contributed by atoms with E-state index in [0.29, 0.717) is 18.1 Å². The van der Waals surface area contributed by atoms with Gasteiger partial charge in [-0.3, -0.25) is 0 Å². The molecule has 25 heavy (non-hydrogen) atoms. The molecule has 130 valence electrons. The van der Waals surface area contributed by atoms with Crippen LogP contribution < -0.4 is 15.4 Å². The monoisotopic (exact) mass is 334 g/mol. The predicted octanol–water partition coefficient (Wildman–Crippen LogP) is 4.55. The number of benzene rings is 2. The summed E-state index contributed by atoms with van der Waals surface area (Å²) >= 11 is 0. The molecule has 3 nitrogen and oxygen atoms in total. The highest BCUT2D eigenvalue weighted by Crippen LogP contribution is 2.47. The van der Waals surface area contributed by atoms with E-state index >= 15 is 0 Å². The highest BCUT2D eigenvalue weighted by Gasteiger charge is 2.35. The summed E-state index contributed by atoms with van der Waals surface area (Å²) in [7, 11) is 0. The van der Waals surface area contributed by atoms with E-state index in [4.69, 9.17) is 4.74 Å². The maximum Gasteiger partial charge on any atom is 0.127 e. The fourth-order valence-corrected chi connectivity index (χ4v) is 4.55. The molecule has 0 amide bonds. The van der Waals surface area contributed by atoms with E-state index < -0.39 is 0 Å². The Kier molecular flexibility index (Phi) is 3.90. The van der Waals surface area contributed by atoms with E-state index in [2.05, 4.69) is 53.1 Å². The van der Waals surface area contributed by atoms with Gasteiger partial charge >= 0.3 is 0 Å². The molecule has 2 aromatic carbocycles. The molecule has 2 aromatic rings. The normalized spacial score (nSPS) is 25.3. The minimum Gasteiger partial charge on any atom is -0.490 e. The van der Waals surface area contributed by atoms with Crippen molar-refractivity contribution in [1.82, 2.24) is 5.32 Å². The van der Waals surface area contributed by atoms with Crippen molar-refractivity contribution in [1.29, 1.82) is 0 Å². The summed E-state index contributed by atoms with van der Waals surface area (Å²) in [6.45, 7) is 2.22. The van der Waals surface area contributed by atoms with E-state index in [1.807, 2.05) is 0 Å². The van der Waals surface area contributed by atoms with Crippen molar-refractivity contribution in [3.63, 3.8) is 0 Å². The smallest absolute Gasteiger partial charge is 0.127 e. The average molecular weight is 334 g/mol. The van der Waals surface area contributed by atoms with Crippen LogP contribution in [0.1, 0.15) is 43.6 Å². The van der Waals surface area contributed by atoms with Gasteiger partial charge in [0.1, 0.15) is 5.75 Å². The van der Waals surface area contributed by atoms with Crippen molar-refractivity contribution < 1.29 is 4.74 Å². The SMILES string of the molecule is c1ccc(-c2cccc3c2[C@H]2CCNCC[C@@H]2N3)c(OC2CCC2)c1. The fraction of sp³-hybridized carbons (Fsp3) is 0.455. The van der Waals surface area contributed by atoms with E-state index in [0.717, 1.165) is 18.8 Å². The zero-order chi connectivity index (χ0) is 16.6. The predicted molar refractivity (Wildman–Crippen MR) is 102 cm³/mol. The fourth-order valence-electron chi connectivity index (χ4n) is 4.55. The molecule has 1 saturated carbocycles. The highest BCUT2D eigenvalue weighted by atomic mass is 16.5. The van der Waals surface area contributed by atoms with Crippen molar-refractivity contribution in [2.75, 3.05) is 18.4 Å². The summed E-state index contributed by atoms with van der Waals surface area (Å²) in [5, 5.41) is 7.34. The molecule has 0 spiro atoms. The Bertz CT molecular complexity index is 768. The zero-order valence-corrected chi connectivity index (χ0v) is 14.6. The minimum atomic E-state index is 0.408. The van der Waals surface area contributed by atoms with Crippen LogP contribution in [0.3, 0.4) is 0 Å². The summed E-state index contributed by atoms with van der Waals surface area (Å²) in [5.41, 5.74) is 5.44. The van der Waals surface area contributed by atoms with Gasteiger partial charge in [-0.05, 0) is 68.5 Å². The molecule has 0 radical (unpaired) electrons. The second-order valence-electron chi connectivity index (χ2n) is 7.62. The van der Waals surface area contributed by atoms with Gasteiger partial charge in [0, 0.05) is 23.2 Å². The van der Waals surface area contributed by atoms with Crippen molar-refractivity contribution >= 4 is 5.69 Å². The molecule has 3 heteroatoms. The van der Waals surface area contributed by atoms with Crippen molar-refractivity contribution in [2.45, 2.75) is 50.2 Å². The van der Waals surface area contributed by atoms with Crippen LogP contribution in [0.25, 0.3) is 11.1 Å². The standard InChI is InChI=1S/C22H26N2O/c1-2-10-21(25-15-5-3-6-15)16(7-1)17-8-4-9-20-22(17)18-11-13-23-14-12-19(18)24-20/h1-2,4,7-10,15,18-19,23-24H,3,5-6,11-14H2/t18-,19-/m0/s1. The van der Waals surface area contributed by atoms with E-state index in [9.17, 15) is 0 Å². The third-order valence-corrected chi connectivity index (χ3v) is 6.09. The second kappa shape index (κ2) is 6.38. The van der Waals surface area contributed by atoms with Gasteiger partial charge in [-0.25, -0.2) is 0 Å². The highest BCUT2D eigenvalue weighted by molar-refractivity contribution is 5.81. The molecule has 2 fully saturated rings. The molecule has 2 heterocycles. The Morgan fingerprint density at radius 1 is 0.840 bits per heavy atom. The van der Waals surface area contributed by atoms with Gasteiger partial charge in [0.05, 0.1) is 6.10 Å². The summed E-state index contributed by atoms with van der Waals surface area (Å²) < 4.78 is 6.32. The molecule has 2 aliphatic heterocycles. The van der Waals surface area contributed by atoms with Gasteiger partial charge in [-0.2, -0.15) is 0 Å². The van der Waals surface area contributed by atoms with Crippen LogP contribution in [-0.2, 0) is 0 Å². The topological polar surface area (TPSA) is 33.3 Å². The molecule has 1 saturated heterocycles. The molecule has 1 aliphatic carbocycles. The van der Waals surface area contributed by atoms with Gasteiger partial charge in [0.2, 0.25) is 0 Å². The molecule has 0 bridgehead atoms. The van der Waals surface area contributed by atoms with Crippen LogP contribution in [0, 0.1) is 0 Å². The minimum absolute atomic E-state index is 0.408. The Hall–Kier alpha value is -2.00. The maximum atomic E-state index is 6.32. The number of hydrogen-bond acceptors (Lipinski definition) is 3. The molecule has 0 aromatic heterocycles. The van der Waals surface area contributed by atoms with Gasteiger partial charge in [0.15, 0.2) is 0 Å².